The van der Waals surface area contributed by atoms with Crippen LogP contribution in [0.15, 0.2) is 97.1 Å². The van der Waals surface area contributed by atoms with Crippen LogP contribution in [0, 0.1) is 6.92 Å². The van der Waals surface area contributed by atoms with Crippen LogP contribution in [0.25, 0.3) is 0 Å². The van der Waals surface area contributed by atoms with Crippen molar-refractivity contribution in [3.63, 3.8) is 0 Å². The van der Waals surface area contributed by atoms with E-state index in [1.165, 1.54) is 12.1 Å². The first kappa shape index (κ1) is 27.9. The summed E-state index contributed by atoms with van der Waals surface area (Å²) in [5.41, 5.74) is -1.31. The molecule has 1 atom stereocenters. The maximum absolute atomic E-state index is 13.7. The Morgan fingerprint density at radius 1 is 0.718 bits per heavy atom. The molecule has 3 aromatic carbocycles. The number of aryl methyl sites for hydroxylation is 1. The molecule has 0 saturated heterocycles. The SMILES string of the molecule is Cc1cccc(C(CNC(=O)c2cccc(C(F)(F)F)c2)(Cc2ccccc2)c2cccc(C(F)(F)F)c2)n1. The molecule has 0 aliphatic heterocycles. The van der Waals surface area contributed by atoms with Crippen LogP contribution >= 0.6 is 0 Å². The predicted molar refractivity (Wildman–Crippen MR) is 135 cm³/mol. The van der Waals surface area contributed by atoms with Crippen molar-refractivity contribution in [2.24, 2.45) is 0 Å². The maximum atomic E-state index is 13.7. The minimum absolute atomic E-state index is 0.161. The number of nitrogens with one attached hydrogen (secondary N) is 1. The second-order valence-corrected chi connectivity index (χ2v) is 9.25. The molecule has 1 unspecified atom stereocenters. The molecular weight excluding hydrogens is 518 g/mol. The van der Waals surface area contributed by atoms with Gasteiger partial charge in [-0.25, -0.2) is 0 Å². The normalized spacial score (nSPS) is 13.5. The van der Waals surface area contributed by atoms with E-state index < -0.39 is 34.8 Å². The van der Waals surface area contributed by atoms with Crippen molar-refractivity contribution in [3.05, 3.63) is 136 Å². The fraction of sp³-hybridized carbons (Fsp3) is 0.200. The number of amides is 1. The molecule has 0 aliphatic rings. The molecule has 0 spiro atoms. The van der Waals surface area contributed by atoms with Crippen LogP contribution in [0.1, 0.15) is 44.0 Å². The molecule has 1 heterocycles. The Balaban J connectivity index is 1.84. The number of benzene rings is 3. The summed E-state index contributed by atoms with van der Waals surface area (Å²) in [7, 11) is 0. The van der Waals surface area contributed by atoms with E-state index >= 15 is 0 Å². The van der Waals surface area contributed by atoms with Gasteiger partial charge in [-0.05, 0) is 60.9 Å². The Hall–Kier alpha value is -4.14. The van der Waals surface area contributed by atoms with Gasteiger partial charge in [0, 0.05) is 17.8 Å². The molecule has 4 rings (SSSR count). The standard InChI is InChI=1S/C30H24F6N2O/c1-20-8-5-15-26(38-20)28(18-21-9-3-2-4-10-21,23-12-7-14-25(17-23)30(34,35)36)19-37-27(39)22-11-6-13-24(16-22)29(31,32)33/h2-17H,18-19H2,1H3,(H,37,39). The van der Waals surface area contributed by atoms with Crippen LogP contribution in [0.5, 0.6) is 0 Å². The molecule has 9 heteroatoms. The van der Waals surface area contributed by atoms with Crippen molar-refractivity contribution in [3.8, 4) is 0 Å². The molecule has 0 saturated carbocycles. The highest BCUT2D eigenvalue weighted by molar-refractivity contribution is 5.94. The molecule has 0 radical (unpaired) electrons. The number of carbonyl (C=O) groups is 1. The summed E-state index contributed by atoms with van der Waals surface area (Å²) in [5.74, 6) is -0.793. The summed E-state index contributed by atoms with van der Waals surface area (Å²) in [6, 6.07) is 22.9. The zero-order valence-electron chi connectivity index (χ0n) is 20.8. The summed E-state index contributed by atoms with van der Waals surface area (Å²) in [5, 5.41) is 2.69. The number of pyridine rings is 1. The molecule has 1 amide bonds. The third-order valence-corrected chi connectivity index (χ3v) is 6.47. The molecule has 4 aromatic rings. The number of halogens is 6. The Morgan fingerprint density at radius 2 is 1.31 bits per heavy atom. The van der Waals surface area contributed by atoms with Crippen molar-refractivity contribution in [2.75, 3.05) is 6.54 Å². The fourth-order valence-electron chi connectivity index (χ4n) is 4.51. The maximum Gasteiger partial charge on any atom is 0.416 e. The fourth-order valence-corrected chi connectivity index (χ4v) is 4.51. The van der Waals surface area contributed by atoms with Crippen LogP contribution < -0.4 is 5.32 Å². The van der Waals surface area contributed by atoms with Gasteiger partial charge in [0.05, 0.1) is 22.2 Å². The summed E-state index contributed by atoms with van der Waals surface area (Å²) >= 11 is 0. The summed E-state index contributed by atoms with van der Waals surface area (Å²) < 4.78 is 80.9. The number of alkyl halides is 6. The lowest BCUT2D eigenvalue weighted by molar-refractivity contribution is -0.138. The highest BCUT2D eigenvalue weighted by atomic mass is 19.4. The summed E-state index contributed by atoms with van der Waals surface area (Å²) in [6.07, 6.45) is -9.10. The van der Waals surface area contributed by atoms with Crippen molar-refractivity contribution in [1.82, 2.24) is 10.3 Å². The molecular formula is C30H24F6N2O. The van der Waals surface area contributed by atoms with E-state index in [1.54, 1.807) is 49.4 Å². The van der Waals surface area contributed by atoms with E-state index in [-0.39, 0.29) is 24.1 Å². The molecule has 202 valence electrons. The molecule has 0 fully saturated rings. The quantitative estimate of drug-likeness (QED) is 0.248. The number of hydrogen-bond donors (Lipinski definition) is 1. The molecule has 1 aromatic heterocycles. The number of hydrogen-bond acceptors (Lipinski definition) is 2. The third kappa shape index (κ3) is 6.47. The van der Waals surface area contributed by atoms with E-state index in [0.717, 1.165) is 35.9 Å². The lowest BCUT2D eigenvalue weighted by Crippen LogP contribution is -2.44. The molecule has 1 N–H and O–H groups in total. The first-order valence-electron chi connectivity index (χ1n) is 12.0. The smallest absolute Gasteiger partial charge is 0.351 e. The van der Waals surface area contributed by atoms with Crippen molar-refractivity contribution in [1.29, 1.82) is 0 Å². The summed E-state index contributed by atoms with van der Waals surface area (Å²) in [4.78, 5) is 17.7. The lowest BCUT2D eigenvalue weighted by atomic mass is 9.72. The number of rotatable bonds is 7. The van der Waals surface area contributed by atoms with Crippen LogP contribution in [-0.4, -0.2) is 17.4 Å². The van der Waals surface area contributed by atoms with E-state index in [9.17, 15) is 31.1 Å². The van der Waals surface area contributed by atoms with Gasteiger partial charge in [0.1, 0.15) is 0 Å². The Morgan fingerprint density at radius 3 is 1.95 bits per heavy atom. The zero-order chi connectivity index (χ0) is 28.3. The molecule has 39 heavy (non-hydrogen) atoms. The average molecular weight is 543 g/mol. The minimum atomic E-state index is -4.64. The highest BCUT2D eigenvalue weighted by Gasteiger charge is 2.39. The molecule has 3 nitrogen and oxygen atoms in total. The number of carbonyl (C=O) groups excluding carboxylic acids is 1. The van der Waals surface area contributed by atoms with Crippen LogP contribution in [-0.2, 0) is 24.2 Å². The minimum Gasteiger partial charge on any atom is -0.351 e. The van der Waals surface area contributed by atoms with Gasteiger partial charge >= 0.3 is 12.4 Å². The van der Waals surface area contributed by atoms with Gasteiger partial charge in [0.2, 0.25) is 0 Å². The first-order valence-corrected chi connectivity index (χ1v) is 12.0. The van der Waals surface area contributed by atoms with Crippen LogP contribution in [0.4, 0.5) is 26.3 Å². The molecule has 0 aliphatic carbocycles. The average Bonchev–Trinajstić information content (AvgIpc) is 2.90. The highest BCUT2D eigenvalue weighted by Crippen LogP contribution is 2.38. The summed E-state index contributed by atoms with van der Waals surface area (Å²) in [6.45, 7) is 1.51. The largest absolute Gasteiger partial charge is 0.416 e. The van der Waals surface area contributed by atoms with Gasteiger partial charge in [-0.3, -0.25) is 9.78 Å². The first-order chi connectivity index (χ1) is 18.4. The number of aromatic nitrogens is 1. The van der Waals surface area contributed by atoms with Gasteiger partial charge in [-0.15, -0.1) is 0 Å². The second-order valence-electron chi connectivity index (χ2n) is 9.25. The Bertz CT molecular complexity index is 1450. The second kappa shape index (κ2) is 10.9. The monoisotopic (exact) mass is 542 g/mol. The van der Waals surface area contributed by atoms with Crippen molar-refractivity contribution < 1.29 is 31.1 Å². The predicted octanol–water partition coefficient (Wildman–Crippen LogP) is 7.39. The van der Waals surface area contributed by atoms with Crippen molar-refractivity contribution in [2.45, 2.75) is 31.1 Å². The zero-order valence-corrected chi connectivity index (χ0v) is 20.8. The Kier molecular flexibility index (Phi) is 7.81. The van der Waals surface area contributed by atoms with E-state index in [0.29, 0.717) is 11.4 Å². The van der Waals surface area contributed by atoms with Gasteiger partial charge < -0.3 is 5.32 Å². The third-order valence-electron chi connectivity index (χ3n) is 6.47. The van der Waals surface area contributed by atoms with Crippen LogP contribution in [0.3, 0.4) is 0 Å². The van der Waals surface area contributed by atoms with E-state index in [4.69, 9.17) is 0 Å². The van der Waals surface area contributed by atoms with Crippen LogP contribution in [0.2, 0.25) is 0 Å². The van der Waals surface area contributed by atoms with Gasteiger partial charge in [0.25, 0.3) is 5.91 Å². The van der Waals surface area contributed by atoms with Gasteiger partial charge in [0.15, 0.2) is 0 Å². The van der Waals surface area contributed by atoms with Gasteiger partial charge in [-0.2, -0.15) is 26.3 Å². The topological polar surface area (TPSA) is 42.0 Å². The Labute approximate surface area is 221 Å². The molecule has 0 bridgehead atoms. The lowest BCUT2D eigenvalue weighted by Gasteiger charge is -2.35. The van der Waals surface area contributed by atoms with Gasteiger partial charge in [-0.1, -0.05) is 60.7 Å². The van der Waals surface area contributed by atoms with E-state index in [1.807, 2.05) is 12.1 Å². The number of nitrogens with zero attached hydrogens (tertiary/aromatic N) is 1. The van der Waals surface area contributed by atoms with E-state index in [2.05, 4.69) is 10.3 Å². The van der Waals surface area contributed by atoms with Crippen molar-refractivity contribution >= 4 is 5.91 Å².